The number of rotatable bonds is 3. The van der Waals surface area contributed by atoms with Crippen molar-refractivity contribution < 1.29 is 0 Å². The van der Waals surface area contributed by atoms with Gasteiger partial charge in [0.1, 0.15) is 0 Å². The quantitative estimate of drug-likeness (QED) is 0.824. The summed E-state index contributed by atoms with van der Waals surface area (Å²) in [5, 5.41) is 8.09. The molecule has 6 heteroatoms. The van der Waals surface area contributed by atoms with Gasteiger partial charge in [0, 0.05) is 19.1 Å². The van der Waals surface area contributed by atoms with E-state index in [1.165, 1.54) is 0 Å². The van der Waals surface area contributed by atoms with E-state index in [0.717, 1.165) is 38.2 Å². The van der Waals surface area contributed by atoms with E-state index in [-0.39, 0.29) is 0 Å². The van der Waals surface area contributed by atoms with Gasteiger partial charge in [0.2, 0.25) is 0 Å². The Morgan fingerprint density at radius 2 is 2.05 bits per heavy atom. The fraction of sp³-hybridized carbons (Fsp3) is 0.500. The van der Waals surface area contributed by atoms with Crippen LogP contribution < -0.4 is 10.6 Å². The number of hydrogen-bond donors (Lipinski definition) is 2. The van der Waals surface area contributed by atoms with E-state index in [1.54, 1.807) is 6.07 Å². The number of thiocarbonyl (C=S) groups is 1. The highest BCUT2D eigenvalue weighted by Crippen LogP contribution is 2.29. The van der Waals surface area contributed by atoms with Crippen LogP contribution in [0.4, 0.5) is 5.69 Å². The summed E-state index contributed by atoms with van der Waals surface area (Å²) in [6, 6.07) is 5.89. The maximum Gasteiger partial charge on any atom is 0.171 e. The number of nitrogens with zero attached hydrogens (tertiary/aromatic N) is 1. The Balaban J connectivity index is 1.85. The molecule has 1 fully saturated rings. The fourth-order valence-electron chi connectivity index (χ4n) is 2.34. The van der Waals surface area contributed by atoms with Gasteiger partial charge in [0.05, 0.1) is 15.7 Å². The van der Waals surface area contributed by atoms with Crippen LogP contribution in [0.5, 0.6) is 0 Å². The molecule has 1 heterocycles. The predicted molar refractivity (Wildman–Crippen MR) is 91.0 cm³/mol. The summed E-state index contributed by atoms with van der Waals surface area (Å²) in [7, 11) is 0. The van der Waals surface area contributed by atoms with E-state index in [1.807, 2.05) is 12.1 Å². The van der Waals surface area contributed by atoms with Gasteiger partial charge in [0.15, 0.2) is 5.11 Å². The van der Waals surface area contributed by atoms with E-state index in [9.17, 15) is 0 Å². The number of halogens is 2. The minimum absolute atomic E-state index is 0.427. The zero-order chi connectivity index (χ0) is 14.5. The first-order valence-electron chi connectivity index (χ1n) is 6.84. The molecule has 0 atom stereocenters. The molecule has 1 aliphatic heterocycles. The maximum absolute atomic E-state index is 6.13. The van der Waals surface area contributed by atoms with Gasteiger partial charge in [-0.1, -0.05) is 36.2 Å². The highest BCUT2D eigenvalue weighted by Gasteiger charge is 2.18. The second-order valence-corrected chi connectivity index (χ2v) is 6.10. The van der Waals surface area contributed by atoms with Crippen molar-refractivity contribution in [2.24, 2.45) is 0 Å². The molecule has 2 N–H and O–H groups in total. The smallest absolute Gasteiger partial charge is 0.171 e. The molecule has 0 amide bonds. The lowest BCUT2D eigenvalue weighted by Crippen LogP contribution is -2.45. The molecular formula is C14H19Cl2N3S. The zero-order valence-corrected chi connectivity index (χ0v) is 13.8. The third-order valence-corrected chi connectivity index (χ3v) is 4.61. The summed E-state index contributed by atoms with van der Waals surface area (Å²) in [6.07, 6.45) is 2.22. The predicted octanol–water partition coefficient (Wildman–Crippen LogP) is 3.76. The summed E-state index contributed by atoms with van der Waals surface area (Å²) in [6.45, 7) is 5.55. The summed E-state index contributed by atoms with van der Waals surface area (Å²) in [4.78, 5) is 2.45. The third kappa shape index (κ3) is 4.22. The van der Waals surface area contributed by atoms with Crippen LogP contribution in [-0.4, -0.2) is 35.7 Å². The molecule has 1 aromatic rings. The van der Waals surface area contributed by atoms with Gasteiger partial charge in [-0.3, -0.25) is 0 Å². The molecule has 110 valence electrons. The largest absolute Gasteiger partial charge is 0.360 e. The molecule has 3 nitrogen and oxygen atoms in total. The number of nitrogens with one attached hydrogen (secondary N) is 2. The van der Waals surface area contributed by atoms with E-state index in [2.05, 4.69) is 22.5 Å². The monoisotopic (exact) mass is 331 g/mol. The second kappa shape index (κ2) is 7.46. The molecule has 0 aliphatic carbocycles. The Kier molecular flexibility index (Phi) is 5.90. The first-order valence-corrected chi connectivity index (χ1v) is 8.00. The summed E-state index contributed by atoms with van der Waals surface area (Å²) in [5.41, 5.74) is 0.739. The third-order valence-electron chi connectivity index (χ3n) is 3.57. The van der Waals surface area contributed by atoms with Gasteiger partial charge in [0.25, 0.3) is 0 Å². The van der Waals surface area contributed by atoms with E-state index >= 15 is 0 Å². The number of piperidine rings is 1. The average molecular weight is 332 g/mol. The molecule has 1 aromatic carbocycles. The molecule has 1 aliphatic rings. The van der Waals surface area contributed by atoms with Gasteiger partial charge >= 0.3 is 0 Å². The standard InChI is InChI=1S/C14H19Cl2N3S/c1-2-19-8-6-10(7-9-19)17-14(20)18-12-5-3-4-11(15)13(12)16/h3-5,10H,2,6-9H2,1H3,(H2,17,18,20). The molecule has 0 aromatic heterocycles. The number of anilines is 1. The molecule has 0 radical (unpaired) electrons. The summed E-state index contributed by atoms with van der Waals surface area (Å²) in [5.74, 6) is 0. The van der Waals surface area contributed by atoms with Crippen LogP contribution in [0.3, 0.4) is 0 Å². The first-order chi connectivity index (χ1) is 9.60. The van der Waals surface area contributed by atoms with Crippen LogP contribution in [0, 0.1) is 0 Å². The molecule has 2 rings (SSSR count). The highest BCUT2D eigenvalue weighted by molar-refractivity contribution is 7.80. The SMILES string of the molecule is CCN1CCC(NC(=S)Nc2cccc(Cl)c2Cl)CC1. The first kappa shape index (κ1) is 15.8. The van der Waals surface area contributed by atoms with E-state index in [0.29, 0.717) is 21.2 Å². The molecular weight excluding hydrogens is 313 g/mol. The van der Waals surface area contributed by atoms with Crippen molar-refractivity contribution in [2.75, 3.05) is 25.0 Å². The Hall–Kier alpha value is -0.550. The maximum atomic E-state index is 6.13. The number of likely N-dealkylation sites (tertiary alicyclic amines) is 1. The van der Waals surface area contributed by atoms with Crippen LogP contribution >= 0.6 is 35.4 Å². The Labute approximate surface area is 135 Å². The van der Waals surface area contributed by atoms with Crippen LogP contribution in [-0.2, 0) is 0 Å². The number of benzene rings is 1. The average Bonchev–Trinajstić information content (AvgIpc) is 2.45. The van der Waals surface area contributed by atoms with Crippen molar-refractivity contribution in [3.63, 3.8) is 0 Å². The molecule has 20 heavy (non-hydrogen) atoms. The Morgan fingerprint density at radius 1 is 1.35 bits per heavy atom. The number of hydrogen-bond acceptors (Lipinski definition) is 2. The van der Waals surface area contributed by atoms with Crippen molar-refractivity contribution >= 4 is 46.2 Å². The van der Waals surface area contributed by atoms with Crippen molar-refractivity contribution in [3.8, 4) is 0 Å². The topological polar surface area (TPSA) is 27.3 Å². The van der Waals surface area contributed by atoms with Crippen molar-refractivity contribution in [2.45, 2.75) is 25.8 Å². The molecule has 0 saturated carbocycles. The van der Waals surface area contributed by atoms with E-state index in [4.69, 9.17) is 35.4 Å². The Bertz CT molecular complexity index is 473. The Morgan fingerprint density at radius 3 is 2.70 bits per heavy atom. The summed E-state index contributed by atoms with van der Waals surface area (Å²) < 4.78 is 0. The van der Waals surface area contributed by atoms with Crippen LogP contribution in [0.1, 0.15) is 19.8 Å². The van der Waals surface area contributed by atoms with Crippen molar-refractivity contribution in [1.29, 1.82) is 0 Å². The molecule has 0 bridgehead atoms. The zero-order valence-electron chi connectivity index (χ0n) is 11.5. The van der Waals surface area contributed by atoms with Gasteiger partial charge in [-0.05, 0) is 43.7 Å². The molecule has 0 spiro atoms. The lowest BCUT2D eigenvalue weighted by Gasteiger charge is -2.32. The van der Waals surface area contributed by atoms with Gasteiger partial charge in [-0.2, -0.15) is 0 Å². The minimum atomic E-state index is 0.427. The molecule has 0 unspecified atom stereocenters. The normalized spacial score (nSPS) is 16.9. The van der Waals surface area contributed by atoms with E-state index < -0.39 is 0 Å². The van der Waals surface area contributed by atoms with Gasteiger partial charge in [-0.15, -0.1) is 0 Å². The lowest BCUT2D eigenvalue weighted by atomic mass is 10.1. The minimum Gasteiger partial charge on any atom is -0.360 e. The van der Waals surface area contributed by atoms with Gasteiger partial charge in [-0.25, -0.2) is 0 Å². The van der Waals surface area contributed by atoms with Crippen LogP contribution in [0.15, 0.2) is 18.2 Å². The summed E-state index contributed by atoms with van der Waals surface area (Å²) >= 11 is 17.4. The second-order valence-electron chi connectivity index (χ2n) is 4.91. The lowest BCUT2D eigenvalue weighted by molar-refractivity contribution is 0.216. The van der Waals surface area contributed by atoms with Crippen LogP contribution in [0.2, 0.25) is 10.0 Å². The van der Waals surface area contributed by atoms with Gasteiger partial charge < -0.3 is 15.5 Å². The highest BCUT2D eigenvalue weighted by atomic mass is 35.5. The van der Waals surface area contributed by atoms with Crippen molar-refractivity contribution in [1.82, 2.24) is 10.2 Å². The fourth-order valence-corrected chi connectivity index (χ4v) is 2.96. The molecule has 1 saturated heterocycles. The van der Waals surface area contributed by atoms with Crippen molar-refractivity contribution in [3.05, 3.63) is 28.2 Å². The van der Waals surface area contributed by atoms with Crippen LogP contribution in [0.25, 0.3) is 0 Å².